The van der Waals surface area contributed by atoms with Crippen LogP contribution in [-0.4, -0.2) is 6.71 Å². The SMILES string of the molecule is Cc1cc2c3c(c1)N(c1ccc(C4=CCCc5oc6ccccc6c54)cc1)c1cc4c(cc1B3c1cc(C(C)(C)C)ccc1N2c1ccc(C(C)(C)C)cc1)C(C)(C)CCC4(C)C. The van der Waals surface area contributed by atoms with Gasteiger partial charge in [-0.1, -0.05) is 136 Å². The second-order valence-electron chi connectivity index (χ2n) is 22.5. The monoisotopic (exact) mass is 824 g/mol. The first-order chi connectivity index (χ1) is 29.9. The summed E-state index contributed by atoms with van der Waals surface area (Å²) in [6.07, 6.45) is 6.68. The Hall–Kier alpha value is -5.74. The van der Waals surface area contributed by atoms with Crippen LogP contribution in [-0.2, 0) is 28.1 Å². The Morgan fingerprint density at radius 1 is 0.587 bits per heavy atom. The molecule has 0 unspecified atom stereocenters. The van der Waals surface area contributed by atoms with Crippen molar-refractivity contribution in [2.24, 2.45) is 0 Å². The number of allylic oxidation sites excluding steroid dienone is 1. The Morgan fingerprint density at radius 3 is 1.81 bits per heavy atom. The summed E-state index contributed by atoms with van der Waals surface area (Å²) in [7, 11) is 0. The van der Waals surface area contributed by atoms with Crippen molar-refractivity contribution in [2.45, 2.75) is 124 Å². The van der Waals surface area contributed by atoms with Crippen LogP contribution in [0.15, 0.2) is 126 Å². The fourth-order valence-corrected chi connectivity index (χ4v) is 11.4. The van der Waals surface area contributed by atoms with E-state index in [1.807, 2.05) is 0 Å². The number of aryl methyl sites for hydroxylation is 2. The number of anilines is 6. The predicted octanol–water partition coefficient (Wildman–Crippen LogP) is 14.1. The topological polar surface area (TPSA) is 19.6 Å². The molecule has 2 aliphatic heterocycles. The van der Waals surface area contributed by atoms with Gasteiger partial charge in [-0.3, -0.25) is 0 Å². The Bertz CT molecular complexity index is 3040. The van der Waals surface area contributed by atoms with Gasteiger partial charge in [-0.15, -0.1) is 0 Å². The highest BCUT2D eigenvalue weighted by atomic mass is 16.3. The van der Waals surface area contributed by atoms with E-state index in [1.54, 1.807) is 0 Å². The number of hydrogen-bond acceptors (Lipinski definition) is 3. The molecule has 3 heterocycles. The van der Waals surface area contributed by atoms with E-state index in [0.717, 1.165) is 24.2 Å². The summed E-state index contributed by atoms with van der Waals surface area (Å²) in [4.78, 5) is 5.18. The zero-order chi connectivity index (χ0) is 44.0. The van der Waals surface area contributed by atoms with Crippen molar-refractivity contribution in [3.63, 3.8) is 0 Å². The van der Waals surface area contributed by atoms with Crippen molar-refractivity contribution in [3.05, 3.63) is 166 Å². The first kappa shape index (κ1) is 40.1. The molecule has 11 rings (SSSR count). The van der Waals surface area contributed by atoms with E-state index in [9.17, 15) is 0 Å². The van der Waals surface area contributed by atoms with Crippen molar-refractivity contribution in [1.29, 1.82) is 0 Å². The first-order valence-corrected chi connectivity index (χ1v) is 23.4. The molecule has 0 fully saturated rings. The number of benzene rings is 6. The van der Waals surface area contributed by atoms with Crippen molar-refractivity contribution in [1.82, 2.24) is 0 Å². The maximum atomic E-state index is 6.42. The molecule has 0 atom stereocenters. The quantitative estimate of drug-likeness (QED) is 0.166. The maximum absolute atomic E-state index is 6.42. The van der Waals surface area contributed by atoms with Crippen molar-refractivity contribution in [2.75, 3.05) is 9.80 Å². The standard InChI is InChI=1S/C59H61BN2O/c1-36-31-50-55-51(32-36)62(40-24-19-37(20-25-40)42-16-14-18-53-54(42)43-15-12-13-17-52(43)63-53)49-35-45-44(58(8,9)29-30-59(45,10)11)34-47(49)60(55)46-33-39(57(5,6)7)23-28-48(46)61(50)41-26-21-38(22-27-41)56(2,3)4/h12-13,15-17,19-28,31-35H,14,18,29-30H2,1-11H3. The van der Waals surface area contributed by atoms with Gasteiger partial charge in [0.05, 0.1) is 0 Å². The third kappa shape index (κ3) is 6.22. The Kier molecular flexibility index (Phi) is 8.67. The lowest BCUT2D eigenvalue weighted by Gasteiger charge is -2.47. The zero-order valence-electron chi connectivity index (χ0n) is 39.3. The van der Waals surface area contributed by atoms with Gasteiger partial charge in [0.2, 0.25) is 0 Å². The van der Waals surface area contributed by atoms with Crippen LogP contribution in [0.1, 0.15) is 133 Å². The van der Waals surface area contributed by atoms with Gasteiger partial charge in [0.25, 0.3) is 6.71 Å². The number of hydrogen-bond donors (Lipinski definition) is 0. The summed E-state index contributed by atoms with van der Waals surface area (Å²) in [6.45, 7) is 26.2. The van der Waals surface area contributed by atoms with Crippen molar-refractivity contribution >= 4 is 73.8 Å². The van der Waals surface area contributed by atoms with E-state index < -0.39 is 0 Å². The van der Waals surface area contributed by atoms with Gasteiger partial charge >= 0.3 is 0 Å². The van der Waals surface area contributed by atoms with Crippen LogP contribution in [0.5, 0.6) is 0 Å². The van der Waals surface area contributed by atoms with E-state index >= 15 is 0 Å². The normalized spacial score (nSPS) is 17.1. The number of nitrogens with zero attached hydrogens (tertiary/aromatic N) is 2. The van der Waals surface area contributed by atoms with Crippen LogP contribution in [0.2, 0.25) is 0 Å². The van der Waals surface area contributed by atoms with Gasteiger partial charge in [-0.2, -0.15) is 0 Å². The smallest absolute Gasteiger partial charge is 0.252 e. The average molecular weight is 825 g/mol. The molecular weight excluding hydrogens is 763 g/mol. The molecule has 0 amide bonds. The second kappa shape index (κ2) is 13.6. The molecule has 3 nitrogen and oxygen atoms in total. The van der Waals surface area contributed by atoms with Gasteiger partial charge < -0.3 is 14.2 Å². The van der Waals surface area contributed by atoms with Gasteiger partial charge in [0, 0.05) is 51.5 Å². The van der Waals surface area contributed by atoms with Crippen LogP contribution in [0, 0.1) is 6.92 Å². The number of para-hydroxylation sites is 1. The largest absolute Gasteiger partial charge is 0.460 e. The fraction of sp³-hybridized carbons (Fsp3) is 0.322. The molecular formula is C59H61BN2O. The number of fused-ring (bicyclic) bond motifs is 8. The minimum absolute atomic E-state index is 0.00493. The molecule has 0 bridgehead atoms. The molecule has 4 heteroatoms. The van der Waals surface area contributed by atoms with Crippen LogP contribution in [0.3, 0.4) is 0 Å². The summed E-state index contributed by atoms with van der Waals surface area (Å²) in [5.41, 5.74) is 23.5. The summed E-state index contributed by atoms with van der Waals surface area (Å²) in [5.74, 6) is 1.10. The summed E-state index contributed by atoms with van der Waals surface area (Å²) >= 11 is 0. The van der Waals surface area contributed by atoms with Crippen molar-refractivity contribution in [3.8, 4) is 0 Å². The molecule has 0 radical (unpaired) electrons. The average Bonchev–Trinajstić information content (AvgIpc) is 3.63. The fourth-order valence-electron chi connectivity index (χ4n) is 11.4. The lowest BCUT2D eigenvalue weighted by molar-refractivity contribution is 0.332. The Labute approximate surface area is 375 Å². The van der Waals surface area contributed by atoms with Crippen LogP contribution < -0.4 is 26.2 Å². The third-order valence-electron chi connectivity index (χ3n) is 15.1. The minimum atomic E-state index is -0.00493. The Morgan fingerprint density at radius 2 is 1.16 bits per heavy atom. The predicted molar refractivity (Wildman–Crippen MR) is 270 cm³/mol. The number of furan rings is 1. The van der Waals surface area contributed by atoms with E-state index in [4.69, 9.17) is 4.42 Å². The van der Waals surface area contributed by atoms with E-state index in [1.165, 1.54) is 113 Å². The molecule has 4 aliphatic rings. The molecule has 6 aromatic carbocycles. The molecule has 0 saturated carbocycles. The molecule has 0 N–H and O–H groups in total. The molecule has 316 valence electrons. The molecule has 0 spiro atoms. The molecule has 7 aromatic rings. The van der Waals surface area contributed by atoms with Gasteiger partial charge in [-0.05, 0) is 158 Å². The van der Waals surface area contributed by atoms with E-state index in [-0.39, 0.29) is 28.4 Å². The van der Waals surface area contributed by atoms with Gasteiger partial charge in [-0.25, -0.2) is 0 Å². The highest BCUT2D eigenvalue weighted by molar-refractivity contribution is 7.00. The highest BCUT2D eigenvalue weighted by Gasteiger charge is 2.47. The number of rotatable bonds is 3. The Balaban J connectivity index is 1.17. The third-order valence-corrected chi connectivity index (χ3v) is 15.1. The summed E-state index contributed by atoms with van der Waals surface area (Å²) in [5, 5.41) is 1.20. The molecule has 0 saturated heterocycles. The molecule has 1 aromatic heterocycles. The second-order valence-corrected chi connectivity index (χ2v) is 22.5. The van der Waals surface area contributed by atoms with Crippen LogP contribution in [0.25, 0.3) is 16.5 Å². The van der Waals surface area contributed by atoms with Crippen LogP contribution in [0.4, 0.5) is 34.1 Å². The molecule has 63 heavy (non-hydrogen) atoms. The highest BCUT2D eigenvalue weighted by Crippen LogP contribution is 2.51. The van der Waals surface area contributed by atoms with Crippen LogP contribution >= 0.6 is 0 Å². The lowest BCUT2D eigenvalue weighted by Crippen LogP contribution is -2.62. The van der Waals surface area contributed by atoms with Gasteiger partial charge in [0.1, 0.15) is 11.3 Å². The first-order valence-electron chi connectivity index (χ1n) is 23.4. The van der Waals surface area contributed by atoms with Crippen molar-refractivity contribution < 1.29 is 4.42 Å². The maximum Gasteiger partial charge on any atom is 0.252 e. The lowest BCUT2D eigenvalue weighted by atomic mass is 9.33. The minimum Gasteiger partial charge on any atom is -0.460 e. The van der Waals surface area contributed by atoms with E-state index in [2.05, 4.69) is 207 Å². The summed E-state index contributed by atoms with van der Waals surface area (Å²) < 4.78 is 6.42. The molecule has 2 aliphatic carbocycles. The van der Waals surface area contributed by atoms with E-state index in [0.29, 0.717) is 0 Å². The zero-order valence-corrected chi connectivity index (χ0v) is 39.3. The van der Waals surface area contributed by atoms with Gasteiger partial charge in [0.15, 0.2) is 0 Å². The summed E-state index contributed by atoms with van der Waals surface area (Å²) in [6, 6.07) is 44.9.